The van der Waals surface area contributed by atoms with Gasteiger partial charge in [0.05, 0.1) is 0 Å². The van der Waals surface area contributed by atoms with Crippen LogP contribution in [0.25, 0.3) is 0 Å². The van der Waals surface area contributed by atoms with Crippen molar-refractivity contribution < 1.29 is 19.5 Å². The van der Waals surface area contributed by atoms with Crippen LogP contribution in [0.5, 0.6) is 0 Å². The quantitative estimate of drug-likeness (QED) is 0.544. The van der Waals surface area contributed by atoms with Gasteiger partial charge >= 0.3 is 5.97 Å². The molecule has 0 saturated carbocycles. The fraction of sp³-hybridized carbons (Fsp3) is 0.583. The summed E-state index contributed by atoms with van der Waals surface area (Å²) in [5.41, 5.74) is 0. The number of amides is 2. The minimum absolute atomic E-state index is 0.0283. The van der Waals surface area contributed by atoms with Gasteiger partial charge in [-0.15, -0.1) is 6.58 Å². The van der Waals surface area contributed by atoms with E-state index >= 15 is 0 Å². The average Bonchev–Trinajstić information content (AvgIpc) is 2.29. The second-order valence-electron chi connectivity index (χ2n) is 4.22. The summed E-state index contributed by atoms with van der Waals surface area (Å²) in [6.45, 7) is 7.21. The first-order valence-corrected chi connectivity index (χ1v) is 5.78. The molecule has 18 heavy (non-hydrogen) atoms. The molecule has 6 heteroatoms. The van der Waals surface area contributed by atoms with Crippen LogP contribution in [0.1, 0.15) is 26.7 Å². The Labute approximate surface area is 106 Å². The summed E-state index contributed by atoms with van der Waals surface area (Å²) < 4.78 is 0. The number of hydrogen-bond donors (Lipinski definition) is 3. The number of carboxylic acids is 1. The minimum Gasteiger partial charge on any atom is -0.480 e. The summed E-state index contributed by atoms with van der Waals surface area (Å²) in [7, 11) is 0. The highest BCUT2D eigenvalue weighted by Crippen LogP contribution is 2.02. The Morgan fingerprint density at radius 3 is 2.22 bits per heavy atom. The fourth-order valence-electron chi connectivity index (χ4n) is 1.26. The zero-order chi connectivity index (χ0) is 14.1. The number of rotatable bonds is 8. The molecular formula is C12H20N2O4. The molecule has 2 amide bonds. The Kier molecular flexibility index (Phi) is 7.42. The SMILES string of the molecule is C=CCNC(=O)CCC(=O)NC(C(=O)O)C(C)C. The molecule has 3 N–H and O–H groups in total. The molecule has 102 valence electrons. The molecule has 0 fully saturated rings. The van der Waals surface area contributed by atoms with Crippen LogP contribution >= 0.6 is 0 Å². The summed E-state index contributed by atoms with van der Waals surface area (Å²) in [6, 6.07) is -0.922. The van der Waals surface area contributed by atoms with Crippen molar-refractivity contribution in [1.29, 1.82) is 0 Å². The van der Waals surface area contributed by atoms with Crippen molar-refractivity contribution in [2.75, 3.05) is 6.54 Å². The van der Waals surface area contributed by atoms with E-state index in [1.807, 2.05) is 0 Å². The molecule has 0 radical (unpaired) electrons. The van der Waals surface area contributed by atoms with Gasteiger partial charge in [0.15, 0.2) is 0 Å². The maximum atomic E-state index is 11.5. The number of nitrogens with one attached hydrogen (secondary N) is 2. The predicted octanol–water partition coefficient (Wildman–Crippen LogP) is 0.294. The third-order valence-corrected chi connectivity index (χ3v) is 2.27. The van der Waals surface area contributed by atoms with E-state index in [4.69, 9.17) is 5.11 Å². The molecule has 0 aromatic carbocycles. The molecule has 0 spiro atoms. The third kappa shape index (κ3) is 6.67. The molecule has 0 aliphatic carbocycles. The van der Waals surface area contributed by atoms with Gasteiger partial charge in [-0.25, -0.2) is 4.79 Å². The monoisotopic (exact) mass is 256 g/mol. The lowest BCUT2D eigenvalue weighted by Gasteiger charge is -2.17. The summed E-state index contributed by atoms with van der Waals surface area (Å²) in [6.07, 6.45) is 1.54. The maximum Gasteiger partial charge on any atom is 0.326 e. The van der Waals surface area contributed by atoms with E-state index in [0.29, 0.717) is 6.54 Å². The van der Waals surface area contributed by atoms with Crippen molar-refractivity contribution in [3.05, 3.63) is 12.7 Å². The van der Waals surface area contributed by atoms with Crippen LogP contribution in [0.3, 0.4) is 0 Å². The van der Waals surface area contributed by atoms with Gasteiger partial charge in [-0.3, -0.25) is 9.59 Å². The van der Waals surface area contributed by atoms with Crippen LogP contribution in [0, 0.1) is 5.92 Å². The van der Waals surface area contributed by atoms with E-state index in [1.165, 1.54) is 6.08 Å². The Morgan fingerprint density at radius 1 is 1.22 bits per heavy atom. The van der Waals surface area contributed by atoms with Crippen LogP contribution in [-0.4, -0.2) is 35.5 Å². The van der Waals surface area contributed by atoms with Gasteiger partial charge in [-0.2, -0.15) is 0 Å². The van der Waals surface area contributed by atoms with Gasteiger partial charge in [-0.05, 0) is 5.92 Å². The molecular weight excluding hydrogens is 236 g/mol. The second-order valence-corrected chi connectivity index (χ2v) is 4.22. The topological polar surface area (TPSA) is 95.5 Å². The summed E-state index contributed by atoms with van der Waals surface area (Å²) in [4.78, 5) is 33.5. The van der Waals surface area contributed by atoms with Crippen molar-refractivity contribution in [2.24, 2.45) is 5.92 Å². The Bertz CT molecular complexity index is 326. The normalized spacial score (nSPS) is 11.7. The maximum absolute atomic E-state index is 11.5. The van der Waals surface area contributed by atoms with Crippen LogP contribution in [0.4, 0.5) is 0 Å². The smallest absolute Gasteiger partial charge is 0.326 e. The lowest BCUT2D eigenvalue weighted by Crippen LogP contribution is -2.44. The third-order valence-electron chi connectivity index (χ3n) is 2.27. The van der Waals surface area contributed by atoms with Crippen molar-refractivity contribution in [3.8, 4) is 0 Å². The van der Waals surface area contributed by atoms with Gasteiger partial charge in [0.2, 0.25) is 11.8 Å². The van der Waals surface area contributed by atoms with E-state index in [9.17, 15) is 14.4 Å². The molecule has 0 aliphatic rings. The van der Waals surface area contributed by atoms with Crippen molar-refractivity contribution >= 4 is 17.8 Å². The molecule has 1 unspecified atom stereocenters. The number of hydrogen-bond acceptors (Lipinski definition) is 3. The zero-order valence-electron chi connectivity index (χ0n) is 10.7. The number of aliphatic carboxylic acids is 1. The van der Waals surface area contributed by atoms with Gasteiger partial charge < -0.3 is 15.7 Å². The van der Waals surface area contributed by atoms with E-state index < -0.39 is 17.9 Å². The molecule has 6 nitrogen and oxygen atoms in total. The largest absolute Gasteiger partial charge is 0.480 e. The highest BCUT2D eigenvalue weighted by atomic mass is 16.4. The van der Waals surface area contributed by atoms with Gasteiger partial charge in [0, 0.05) is 19.4 Å². The van der Waals surface area contributed by atoms with Gasteiger partial charge in [-0.1, -0.05) is 19.9 Å². The second kappa shape index (κ2) is 8.27. The average molecular weight is 256 g/mol. The van der Waals surface area contributed by atoms with E-state index in [1.54, 1.807) is 13.8 Å². The Hall–Kier alpha value is -1.85. The van der Waals surface area contributed by atoms with Crippen molar-refractivity contribution in [2.45, 2.75) is 32.7 Å². The predicted molar refractivity (Wildman–Crippen MR) is 66.8 cm³/mol. The fourth-order valence-corrected chi connectivity index (χ4v) is 1.26. The minimum atomic E-state index is -1.07. The van der Waals surface area contributed by atoms with E-state index in [0.717, 1.165) is 0 Å². The molecule has 0 bridgehead atoms. The molecule has 0 heterocycles. The van der Waals surface area contributed by atoms with E-state index in [2.05, 4.69) is 17.2 Å². The highest BCUT2D eigenvalue weighted by molar-refractivity contribution is 5.87. The van der Waals surface area contributed by atoms with Crippen LogP contribution < -0.4 is 10.6 Å². The van der Waals surface area contributed by atoms with Crippen molar-refractivity contribution in [1.82, 2.24) is 10.6 Å². The van der Waals surface area contributed by atoms with Gasteiger partial charge in [0.1, 0.15) is 6.04 Å². The number of carbonyl (C=O) groups excluding carboxylic acids is 2. The van der Waals surface area contributed by atoms with Crippen LogP contribution in [0.15, 0.2) is 12.7 Å². The summed E-state index contributed by atoms with van der Waals surface area (Å²) in [5.74, 6) is -1.98. The molecule has 0 rings (SSSR count). The lowest BCUT2D eigenvalue weighted by atomic mass is 10.0. The zero-order valence-corrected chi connectivity index (χ0v) is 10.7. The molecule has 1 atom stereocenters. The summed E-state index contributed by atoms with van der Waals surface area (Å²) in [5, 5.41) is 13.8. The first-order chi connectivity index (χ1) is 8.38. The molecule has 0 aromatic heterocycles. The van der Waals surface area contributed by atoms with Crippen molar-refractivity contribution in [3.63, 3.8) is 0 Å². The van der Waals surface area contributed by atoms with E-state index in [-0.39, 0.29) is 24.7 Å². The standard InChI is InChI=1S/C12H20N2O4/c1-4-7-13-9(15)5-6-10(16)14-11(8(2)3)12(17)18/h4,8,11H,1,5-7H2,2-3H3,(H,13,15)(H,14,16)(H,17,18). The van der Waals surface area contributed by atoms with Crippen LogP contribution in [0.2, 0.25) is 0 Å². The van der Waals surface area contributed by atoms with Gasteiger partial charge in [0.25, 0.3) is 0 Å². The Morgan fingerprint density at radius 2 is 1.78 bits per heavy atom. The lowest BCUT2D eigenvalue weighted by molar-refractivity contribution is -0.143. The molecule has 0 aliphatic heterocycles. The summed E-state index contributed by atoms with van der Waals surface area (Å²) >= 11 is 0. The number of carbonyl (C=O) groups is 3. The highest BCUT2D eigenvalue weighted by Gasteiger charge is 2.23. The molecule has 0 aromatic rings. The number of carboxylic acid groups (broad SMARTS) is 1. The molecule has 0 saturated heterocycles. The van der Waals surface area contributed by atoms with Crippen LogP contribution in [-0.2, 0) is 14.4 Å². The first-order valence-electron chi connectivity index (χ1n) is 5.78. The Balaban J connectivity index is 4.06. The first kappa shape index (κ1) is 16.1.